The van der Waals surface area contributed by atoms with E-state index in [1.165, 1.54) is 11.1 Å². The fraction of sp³-hybridized carbons (Fsp3) is 0.471. The molecule has 0 fully saturated rings. The van der Waals surface area contributed by atoms with Gasteiger partial charge in [0.05, 0.1) is 25.2 Å². The van der Waals surface area contributed by atoms with Crippen LogP contribution in [0.4, 0.5) is 0 Å². The predicted molar refractivity (Wildman–Crippen MR) is 79.6 cm³/mol. The SMILES string of the molecule is COC1=C(C)C(=O)OC1C/C=C(\C)CCCc1ccoc1. The van der Waals surface area contributed by atoms with Gasteiger partial charge in [-0.15, -0.1) is 0 Å². The van der Waals surface area contributed by atoms with Crippen molar-refractivity contribution < 1.29 is 18.7 Å². The Morgan fingerprint density at radius 3 is 2.95 bits per heavy atom. The molecule has 2 heterocycles. The normalized spacial score (nSPS) is 19.1. The Balaban J connectivity index is 1.79. The van der Waals surface area contributed by atoms with Crippen LogP contribution in [0, 0.1) is 0 Å². The Bertz CT molecular complexity index is 537. The number of aryl methyl sites for hydroxylation is 1. The van der Waals surface area contributed by atoms with Gasteiger partial charge in [-0.05, 0) is 44.7 Å². The van der Waals surface area contributed by atoms with E-state index in [0.717, 1.165) is 19.3 Å². The zero-order valence-electron chi connectivity index (χ0n) is 12.8. The van der Waals surface area contributed by atoms with Gasteiger partial charge < -0.3 is 13.9 Å². The molecule has 0 bridgehead atoms. The summed E-state index contributed by atoms with van der Waals surface area (Å²) >= 11 is 0. The van der Waals surface area contributed by atoms with Crippen molar-refractivity contribution in [2.75, 3.05) is 7.11 Å². The molecule has 21 heavy (non-hydrogen) atoms. The minimum absolute atomic E-state index is 0.272. The molecule has 1 aromatic rings. The van der Waals surface area contributed by atoms with E-state index >= 15 is 0 Å². The van der Waals surface area contributed by atoms with Gasteiger partial charge >= 0.3 is 5.97 Å². The molecule has 1 aliphatic heterocycles. The molecule has 4 heteroatoms. The van der Waals surface area contributed by atoms with E-state index in [9.17, 15) is 4.79 Å². The van der Waals surface area contributed by atoms with Gasteiger partial charge in [0, 0.05) is 6.42 Å². The molecule has 1 unspecified atom stereocenters. The lowest BCUT2D eigenvalue weighted by Crippen LogP contribution is -2.11. The second kappa shape index (κ2) is 7.16. The number of methoxy groups -OCH3 is 1. The van der Waals surface area contributed by atoms with E-state index in [2.05, 4.69) is 13.0 Å². The van der Waals surface area contributed by atoms with Crippen molar-refractivity contribution in [3.8, 4) is 0 Å². The van der Waals surface area contributed by atoms with E-state index in [1.54, 1.807) is 26.6 Å². The first-order valence-corrected chi connectivity index (χ1v) is 7.24. The molecule has 0 spiro atoms. The Labute approximate surface area is 125 Å². The molecule has 1 atom stereocenters. The minimum Gasteiger partial charge on any atom is -0.497 e. The highest BCUT2D eigenvalue weighted by Crippen LogP contribution is 2.26. The van der Waals surface area contributed by atoms with E-state index in [-0.39, 0.29) is 12.1 Å². The maximum Gasteiger partial charge on any atom is 0.338 e. The number of cyclic esters (lactones) is 1. The molecule has 1 aromatic heterocycles. The van der Waals surface area contributed by atoms with Gasteiger partial charge in [-0.1, -0.05) is 11.6 Å². The molecule has 2 rings (SSSR count). The first kappa shape index (κ1) is 15.4. The van der Waals surface area contributed by atoms with Gasteiger partial charge in [0.1, 0.15) is 5.76 Å². The van der Waals surface area contributed by atoms with Crippen LogP contribution < -0.4 is 0 Å². The molecule has 0 saturated heterocycles. The second-order valence-corrected chi connectivity index (χ2v) is 5.36. The lowest BCUT2D eigenvalue weighted by molar-refractivity contribution is -0.140. The van der Waals surface area contributed by atoms with Gasteiger partial charge in [-0.3, -0.25) is 0 Å². The van der Waals surface area contributed by atoms with E-state index in [0.29, 0.717) is 17.8 Å². The molecular formula is C17H22O4. The summed E-state index contributed by atoms with van der Waals surface area (Å²) in [4.78, 5) is 11.5. The number of rotatable bonds is 7. The van der Waals surface area contributed by atoms with Crippen LogP contribution >= 0.6 is 0 Å². The lowest BCUT2D eigenvalue weighted by atomic mass is 10.0. The van der Waals surface area contributed by atoms with Crippen LogP contribution in [-0.4, -0.2) is 19.2 Å². The van der Waals surface area contributed by atoms with Gasteiger partial charge in [-0.25, -0.2) is 4.79 Å². The topological polar surface area (TPSA) is 48.7 Å². The number of carbonyl (C=O) groups excluding carboxylic acids is 1. The van der Waals surface area contributed by atoms with Gasteiger partial charge in [0.2, 0.25) is 0 Å². The first-order chi connectivity index (χ1) is 10.1. The zero-order chi connectivity index (χ0) is 15.2. The summed E-state index contributed by atoms with van der Waals surface area (Å²) in [5.74, 6) is 0.380. The number of hydrogen-bond donors (Lipinski definition) is 0. The summed E-state index contributed by atoms with van der Waals surface area (Å²) < 4.78 is 15.6. The highest BCUT2D eigenvalue weighted by Gasteiger charge is 2.31. The first-order valence-electron chi connectivity index (χ1n) is 7.24. The summed E-state index contributed by atoms with van der Waals surface area (Å²) in [6, 6.07) is 2.00. The molecular weight excluding hydrogens is 268 g/mol. The van der Waals surface area contributed by atoms with Crippen LogP contribution in [-0.2, 0) is 20.7 Å². The fourth-order valence-corrected chi connectivity index (χ4v) is 2.47. The van der Waals surface area contributed by atoms with Gasteiger partial charge in [0.25, 0.3) is 0 Å². The van der Waals surface area contributed by atoms with Gasteiger partial charge in [0.15, 0.2) is 6.10 Å². The third kappa shape index (κ3) is 4.00. The quantitative estimate of drug-likeness (QED) is 0.566. The van der Waals surface area contributed by atoms with Crippen LogP contribution in [0.3, 0.4) is 0 Å². The third-order valence-electron chi connectivity index (χ3n) is 3.73. The Kier molecular flexibility index (Phi) is 5.26. The van der Waals surface area contributed by atoms with E-state index in [1.807, 2.05) is 6.07 Å². The zero-order valence-corrected chi connectivity index (χ0v) is 12.8. The largest absolute Gasteiger partial charge is 0.497 e. The van der Waals surface area contributed by atoms with Crippen molar-refractivity contribution in [1.29, 1.82) is 0 Å². The minimum atomic E-state index is -0.275. The van der Waals surface area contributed by atoms with Crippen LogP contribution in [0.5, 0.6) is 0 Å². The molecule has 0 N–H and O–H groups in total. The van der Waals surface area contributed by atoms with Crippen LogP contribution in [0.2, 0.25) is 0 Å². The number of carbonyl (C=O) groups is 1. The molecule has 0 aliphatic carbocycles. The molecule has 1 aliphatic rings. The fourth-order valence-electron chi connectivity index (χ4n) is 2.47. The second-order valence-electron chi connectivity index (χ2n) is 5.36. The predicted octanol–water partition coefficient (Wildman–Crippen LogP) is 3.78. The van der Waals surface area contributed by atoms with Crippen molar-refractivity contribution in [2.45, 2.75) is 45.6 Å². The van der Waals surface area contributed by atoms with E-state index in [4.69, 9.17) is 13.9 Å². The Morgan fingerprint density at radius 2 is 2.29 bits per heavy atom. The van der Waals surface area contributed by atoms with Crippen molar-refractivity contribution in [1.82, 2.24) is 0 Å². The maximum absolute atomic E-state index is 11.5. The average Bonchev–Trinajstić information content (AvgIpc) is 3.06. The highest BCUT2D eigenvalue weighted by atomic mass is 16.6. The lowest BCUT2D eigenvalue weighted by Gasteiger charge is -2.11. The smallest absolute Gasteiger partial charge is 0.338 e. The number of esters is 1. The maximum atomic E-state index is 11.5. The summed E-state index contributed by atoms with van der Waals surface area (Å²) in [6.07, 6.45) is 9.14. The molecule has 4 nitrogen and oxygen atoms in total. The summed E-state index contributed by atoms with van der Waals surface area (Å²) in [7, 11) is 1.58. The molecule has 0 amide bonds. The Hall–Kier alpha value is -1.97. The number of allylic oxidation sites excluding steroid dienone is 1. The van der Waals surface area contributed by atoms with Crippen molar-refractivity contribution in [3.63, 3.8) is 0 Å². The molecule has 0 saturated carbocycles. The number of furan rings is 1. The van der Waals surface area contributed by atoms with Crippen LogP contribution in [0.1, 0.15) is 38.7 Å². The van der Waals surface area contributed by atoms with Crippen LogP contribution in [0.25, 0.3) is 0 Å². The summed E-state index contributed by atoms with van der Waals surface area (Å²) in [6.45, 7) is 3.85. The standard InChI is InChI=1S/C17H22O4/c1-12(5-4-6-14-9-10-20-11-14)7-8-15-16(19-3)13(2)17(18)21-15/h7,9-11,15H,4-6,8H2,1-3H3/b12-7+. The molecule has 114 valence electrons. The molecule has 0 radical (unpaired) electrons. The van der Waals surface area contributed by atoms with Crippen molar-refractivity contribution in [3.05, 3.63) is 47.1 Å². The third-order valence-corrected chi connectivity index (χ3v) is 3.73. The van der Waals surface area contributed by atoms with Crippen LogP contribution in [0.15, 0.2) is 46.0 Å². The number of hydrogen-bond acceptors (Lipinski definition) is 4. The summed E-state index contributed by atoms with van der Waals surface area (Å²) in [5.41, 5.74) is 3.11. The molecule has 0 aromatic carbocycles. The highest BCUT2D eigenvalue weighted by molar-refractivity contribution is 5.91. The van der Waals surface area contributed by atoms with Crippen molar-refractivity contribution >= 4 is 5.97 Å². The Morgan fingerprint density at radius 1 is 1.48 bits per heavy atom. The van der Waals surface area contributed by atoms with E-state index < -0.39 is 0 Å². The average molecular weight is 290 g/mol. The van der Waals surface area contributed by atoms with Crippen molar-refractivity contribution in [2.24, 2.45) is 0 Å². The number of ether oxygens (including phenoxy) is 2. The monoisotopic (exact) mass is 290 g/mol. The van der Waals surface area contributed by atoms with Gasteiger partial charge in [-0.2, -0.15) is 0 Å². The summed E-state index contributed by atoms with van der Waals surface area (Å²) in [5, 5.41) is 0.